The first-order chi connectivity index (χ1) is 7.37. The molecule has 0 aliphatic rings. The molecule has 0 radical (unpaired) electrons. The Morgan fingerprint density at radius 1 is 1.56 bits per heavy atom. The van der Waals surface area contributed by atoms with Gasteiger partial charge in [0, 0.05) is 5.33 Å². The van der Waals surface area contributed by atoms with Gasteiger partial charge in [0.2, 0.25) is 5.88 Å². The van der Waals surface area contributed by atoms with E-state index in [0.717, 1.165) is 0 Å². The van der Waals surface area contributed by atoms with E-state index in [0.29, 0.717) is 17.2 Å². The van der Waals surface area contributed by atoms with Gasteiger partial charge in [-0.25, -0.2) is 4.98 Å². The second-order valence-corrected chi connectivity index (χ2v) is 4.26. The maximum atomic E-state index is 12.0. The zero-order valence-corrected chi connectivity index (χ0v) is 11.3. The molecular weight excluding hydrogens is 406 g/mol. The molecule has 0 saturated carbocycles. The van der Waals surface area contributed by atoms with Crippen LogP contribution in [0.2, 0.25) is 0 Å². The minimum absolute atomic E-state index is 0.103. The molecule has 0 unspecified atom stereocenters. The lowest BCUT2D eigenvalue weighted by Gasteiger charge is -2.11. The summed E-state index contributed by atoms with van der Waals surface area (Å²) in [5.74, 6) is -0.604. The van der Waals surface area contributed by atoms with Crippen LogP contribution in [0.1, 0.15) is 16.1 Å². The number of aldehydes is 1. The van der Waals surface area contributed by atoms with E-state index in [1.165, 1.54) is 6.07 Å². The van der Waals surface area contributed by atoms with Gasteiger partial charge in [-0.1, -0.05) is 15.9 Å². The van der Waals surface area contributed by atoms with E-state index >= 15 is 0 Å². The van der Waals surface area contributed by atoms with E-state index < -0.39 is 12.2 Å². The van der Waals surface area contributed by atoms with Crippen molar-refractivity contribution >= 4 is 44.8 Å². The molecule has 88 valence electrons. The maximum absolute atomic E-state index is 12.0. The Morgan fingerprint density at radius 3 is 2.62 bits per heavy atom. The lowest BCUT2D eigenvalue weighted by molar-refractivity contribution is -0.276. The molecule has 3 nitrogen and oxygen atoms in total. The van der Waals surface area contributed by atoms with Crippen LogP contribution in [0.5, 0.6) is 5.88 Å². The third-order valence-electron chi connectivity index (χ3n) is 1.50. The predicted octanol–water partition coefficient (Wildman–Crippen LogP) is 3.29. The number of rotatable bonds is 3. The number of pyridine rings is 1. The fraction of sp³-hybridized carbons (Fsp3) is 0.250. The summed E-state index contributed by atoms with van der Waals surface area (Å²) in [6.07, 6.45) is -4.45. The molecule has 8 heteroatoms. The van der Waals surface area contributed by atoms with Crippen LogP contribution in [0.4, 0.5) is 13.2 Å². The lowest BCUT2D eigenvalue weighted by Crippen LogP contribution is -2.19. The summed E-state index contributed by atoms with van der Waals surface area (Å²) in [4.78, 5) is 13.9. The standard InChI is InChI=1S/C8H4BrF3INO2/c9-2-4-1-5(3-15)14-7(6(4)13)16-8(10,11)12/h1,3H,2H2. The Bertz CT molecular complexity index is 411. The molecular formula is C8H4BrF3INO2. The molecule has 0 N–H and O–H groups in total. The van der Waals surface area contributed by atoms with Gasteiger partial charge in [-0.2, -0.15) is 0 Å². The number of nitrogens with zero attached hydrogens (tertiary/aromatic N) is 1. The second kappa shape index (κ2) is 5.30. The number of ether oxygens (including phenoxy) is 1. The molecule has 1 heterocycles. The number of halogens is 5. The Labute approximate surface area is 111 Å². The van der Waals surface area contributed by atoms with Crippen molar-refractivity contribution < 1.29 is 22.7 Å². The number of carbonyl (C=O) groups is 1. The van der Waals surface area contributed by atoms with Crippen LogP contribution in [-0.2, 0) is 5.33 Å². The van der Waals surface area contributed by atoms with E-state index in [4.69, 9.17) is 0 Å². The van der Waals surface area contributed by atoms with Crippen molar-refractivity contribution in [2.75, 3.05) is 0 Å². The largest absolute Gasteiger partial charge is 0.574 e. The van der Waals surface area contributed by atoms with Crippen LogP contribution in [-0.4, -0.2) is 17.6 Å². The third-order valence-corrected chi connectivity index (χ3v) is 3.26. The Kier molecular flexibility index (Phi) is 4.53. The van der Waals surface area contributed by atoms with Gasteiger partial charge in [0.05, 0.1) is 3.57 Å². The smallest absolute Gasteiger partial charge is 0.387 e. The van der Waals surface area contributed by atoms with Gasteiger partial charge in [0.1, 0.15) is 5.69 Å². The minimum Gasteiger partial charge on any atom is -0.387 e. The molecule has 1 rings (SSSR count). The van der Waals surface area contributed by atoms with Crippen molar-refractivity contribution in [3.05, 3.63) is 20.9 Å². The highest BCUT2D eigenvalue weighted by Gasteiger charge is 2.33. The van der Waals surface area contributed by atoms with Gasteiger partial charge in [-0.05, 0) is 34.2 Å². The first-order valence-corrected chi connectivity index (χ1v) is 6.03. The van der Waals surface area contributed by atoms with Crippen LogP contribution >= 0.6 is 38.5 Å². The van der Waals surface area contributed by atoms with Crippen molar-refractivity contribution in [2.24, 2.45) is 0 Å². The Balaban J connectivity index is 3.21. The minimum atomic E-state index is -4.82. The second-order valence-electron chi connectivity index (χ2n) is 2.62. The highest BCUT2D eigenvalue weighted by atomic mass is 127. The maximum Gasteiger partial charge on any atom is 0.574 e. The monoisotopic (exact) mass is 409 g/mol. The Morgan fingerprint density at radius 2 is 2.19 bits per heavy atom. The molecule has 0 aliphatic heterocycles. The molecule has 1 aromatic rings. The summed E-state index contributed by atoms with van der Waals surface area (Å²) in [5, 5.41) is 0.308. The zero-order valence-electron chi connectivity index (χ0n) is 7.52. The topological polar surface area (TPSA) is 39.2 Å². The van der Waals surface area contributed by atoms with Gasteiger partial charge in [-0.15, -0.1) is 13.2 Å². The van der Waals surface area contributed by atoms with Crippen molar-refractivity contribution in [3.63, 3.8) is 0 Å². The summed E-state index contributed by atoms with van der Waals surface area (Å²) >= 11 is 4.78. The molecule has 0 saturated heterocycles. The fourth-order valence-electron chi connectivity index (χ4n) is 0.913. The van der Waals surface area contributed by atoms with Gasteiger partial charge in [0.15, 0.2) is 6.29 Å². The zero-order chi connectivity index (χ0) is 12.3. The number of carbonyl (C=O) groups excluding carboxylic acids is 1. The van der Waals surface area contributed by atoms with Gasteiger partial charge < -0.3 is 4.74 Å². The summed E-state index contributed by atoms with van der Waals surface area (Å²) < 4.78 is 40.0. The normalized spacial score (nSPS) is 11.3. The molecule has 0 bridgehead atoms. The summed E-state index contributed by atoms with van der Waals surface area (Å²) in [7, 11) is 0. The molecule has 0 aromatic carbocycles. The SMILES string of the molecule is O=Cc1cc(CBr)c(I)c(OC(F)(F)F)n1. The number of hydrogen-bond acceptors (Lipinski definition) is 3. The van der Waals surface area contributed by atoms with Gasteiger partial charge in [0.25, 0.3) is 0 Å². The molecule has 1 aromatic heterocycles. The first-order valence-electron chi connectivity index (χ1n) is 3.83. The van der Waals surface area contributed by atoms with Crippen molar-refractivity contribution in [1.82, 2.24) is 4.98 Å². The molecule has 0 fully saturated rings. The molecule has 0 atom stereocenters. The molecule has 0 amide bonds. The quantitative estimate of drug-likeness (QED) is 0.437. The first kappa shape index (κ1) is 13.7. The van der Waals surface area contributed by atoms with E-state index in [-0.39, 0.29) is 9.26 Å². The number of hydrogen-bond donors (Lipinski definition) is 0. The van der Waals surface area contributed by atoms with Crippen LogP contribution in [0.3, 0.4) is 0 Å². The van der Waals surface area contributed by atoms with Crippen LogP contribution < -0.4 is 4.74 Å². The van der Waals surface area contributed by atoms with Crippen molar-refractivity contribution in [2.45, 2.75) is 11.7 Å². The molecule has 0 aliphatic carbocycles. The summed E-state index contributed by atoms with van der Waals surface area (Å²) in [5.41, 5.74) is 0.408. The Hall–Kier alpha value is -0.380. The highest BCUT2D eigenvalue weighted by Crippen LogP contribution is 2.29. The van der Waals surface area contributed by atoms with E-state index in [9.17, 15) is 18.0 Å². The van der Waals surface area contributed by atoms with Crippen molar-refractivity contribution in [1.29, 1.82) is 0 Å². The van der Waals surface area contributed by atoms with E-state index in [2.05, 4.69) is 25.7 Å². The average molecular weight is 410 g/mol. The van der Waals surface area contributed by atoms with Crippen LogP contribution in [0.25, 0.3) is 0 Å². The number of aromatic nitrogens is 1. The van der Waals surface area contributed by atoms with Crippen LogP contribution in [0, 0.1) is 3.57 Å². The van der Waals surface area contributed by atoms with Crippen molar-refractivity contribution in [3.8, 4) is 5.88 Å². The third kappa shape index (κ3) is 3.58. The molecule has 16 heavy (non-hydrogen) atoms. The number of alkyl halides is 4. The van der Waals surface area contributed by atoms with E-state index in [1.54, 1.807) is 22.6 Å². The highest BCUT2D eigenvalue weighted by molar-refractivity contribution is 14.1. The van der Waals surface area contributed by atoms with E-state index in [1.807, 2.05) is 0 Å². The summed E-state index contributed by atoms with van der Waals surface area (Å²) in [6, 6.07) is 1.40. The van der Waals surface area contributed by atoms with Gasteiger partial charge >= 0.3 is 6.36 Å². The molecule has 0 spiro atoms. The average Bonchev–Trinajstić information content (AvgIpc) is 2.19. The fourth-order valence-corrected chi connectivity index (χ4v) is 2.46. The summed E-state index contributed by atoms with van der Waals surface area (Å²) in [6.45, 7) is 0. The lowest BCUT2D eigenvalue weighted by atomic mass is 10.2. The van der Waals surface area contributed by atoms with Crippen LogP contribution in [0.15, 0.2) is 6.07 Å². The predicted molar refractivity (Wildman–Crippen MR) is 61.7 cm³/mol. The van der Waals surface area contributed by atoms with Gasteiger partial charge in [-0.3, -0.25) is 4.79 Å².